The number of nitrogens with zero attached hydrogens (tertiary/aromatic N) is 1. The fraction of sp³-hybridized carbons (Fsp3) is 0.455. The lowest BCUT2D eigenvalue weighted by atomic mass is 9.95. The predicted octanol–water partition coefficient (Wildman–Crippen LogP) is -2.85. The van der Waals surface area contributed by atoms with E-state index < -0.39 is 41.9 Å². The van der Waals surface area contributed by atoms with Gasteiger partial charge in [-0.05, 0) is 0 Å². The summed E-state index contributed by atoms with van der Waals surface area (Å²) in [5.74, 6) is 1.96. The Kier molecular flexibility index (Phi) is 3.30. The van der Waals surface area contributed by atoms with Crippen LogP contribution in [0.2, 0.25) is 0 Å². The van der Waals surface area contributed by atoms with Gasteiger partial charge in [0, 0.05) is 12.3 Å². The fourth-order valence-corrected chi connectivity index (χ4v) is 1.96. The highest BCUT2D eigenvalue weighted by Gasteiger charge is 2.55. The number of aliphatic hydroxyl groups excluding tert-OH is 2. The third-order valence-corrected chi connectivity index (χ3v) is 3.00. The minimum absolute atomic E-state index is 0.584. The van der Waals surface area contributed by atoms with Gasteiger partial charge in [-0.2, -0.15) is 0 Å². The molecule has 1 fully saturated rings. The number of nitrogens with one attached hydrogen (secondary N) is 1. The molecular formula is C11H12N2O6. The number of H-pyrrole nitrogens is 1. The average Bonchev–Trinajstić information content (AvgIpc) is 2.63. The Labute approximate surface area is 106 Å². The normalized spacial score (nSPS) is 34.1. The maximum absolute atomic E-state index is 11.6. The lowest BCUT2D eigenvalue weighted by Crippen LogP contribution is -2.48. The van der Waals surface area contributed by atoms with Crippen molar-refractivity contribution in [1.29, 1.82) is 0 Å². The first kappa shape index (κ1) is 13.5. The second-order valence-corrected chi connectivity index (χ2v) is 4.14. The predicted molar refractivity (Wildman–Crippen MR) is 62.1 cm³/mol. The van der Waals surface area contributed by atoms with E-state index in [9.17, 15) is 19.8 Å². The molecule has 0 bridgehead atoms. The van der Waals surface area contributed by atoms with Gasteiger partial charge in [-0.3, -0.25) is 14.3 Å². The van der Waals surface area contributed by atoms with Gasteiger partial charge in [0.2, 0.25) is 0 Å². The molecule has 8 nitrogen and oxygen atoms in total. The van der Waals surface area contributed by atoms with E-state index >= 15 is 0 Å². The SMILES string of the molecule is C#C[C@]1(O)C(n2ccc(=O)[nH]c2=O)O[C@H](CO)[C@H]1O. The molecule has 0 aromatic carbocycles. The van der Waals surface area contributed by atoms with Gasteiger partial charge in [0.1, 0.15) is 12.2 Å². The zero-order valence-corrected chi connectivity index (χ0v) is 9.68. The highest BCUT2D eigenvalue weighted by molar-refractivity contribution is 5.19. The van der Waals surface area contributed by atoms with Gasteiger partial charge in [0.05, 0.1) is 6.61 Å². The number of hydrogen-bond donors (Lipinski definition) is 4. The van der Waals surface area contributed by atoms with E-state index in [0.717, 1.165) is 16.8 Å². The molecule has 4 N–H and O–H groups in total. The number of aromatic nitrogens is 2. The molecule has 102 valence electrons. The maximum Gasteiger partial charge on any atom is 0.330 e. The summed E-state index contributed by atoms with van der Waals surface area (Å²) >= 11 is 0. The molecule has 1 saturated heterocycles. The molecule has 0 radical (unpaired) electrons. The summed E-state index contributed by atoms with van der Waals surface area (Å²) in [5, 5.41) is 29.1. The largest absolute Gasteiger partial charge is 0.394 e. The van der Waals surface area contributed by atoms with Gasteiger partial charge in [-0.15, -0.1) is 6.42 Å². The topological polar surface area (TPSA) is 125 Å². The molecule has 0 spiro atoms. The van der Waals surface area contributed by atoms with E-state index in [2.05, 4.69) is 0 Å². The van der Waals surface area contributed by atoms with Crippen LogP contribution in [0.5, 0.6) is 0 Å². The van der Waals surface area contributed by atoms with Crippen molar-refractivity contribution in [3.05, 3.63) is 33.1 Å². The zero-order valence-electron chi connectivity index (χ0n) is 9.68. The van der Waals surface area contributed by atoms with Crippen LogP contribution in [0.25, 0.3) is 0 Å². The van der Waals surface area contributed by atoms with Crippen LogP contribution in [0, 0.1) is 12.3 Å². The van der Waals surface area contributed by atoms with Crippen molar-refractivity contribution in [3.8, 4) is 12.3 Å². The Balaban J connectivity index is 2.52. The van der Waals surface area contributed by atoms with Crippen molar-refractivity contribution >= 4 is 0 Å². The van der Waals surface area contributed by atoms with Crippen LogP contribution in [0.1, 0.15) is 6.23 Å². The van der Waals surface area contributed by atoms with Gasteiger partial charge >= 0.3 is 5.69 Å². The molecule has 2 rings (SSSR count). The molecule has 1 aromatic rings. The molecule has 0 saturated carbocycles. The second kappa shape index (κ2) is 4.64. The third-order valence-electron chi connectivity index (χ3n) is 3.00. The summed E-state index contributed by atoms with van der Waals surface area (Å²) < 4.78 is 6.03. The van der Waals surface area contributed by atoms with Crippen molar-refractivity contribution in [3.63, 3.8) is 0 Å². The van der Waals surface area contributed by atoms with E-state index in [1.165, 1.54) is 0 Å². The molecule has 19 heavy (non-hydrogen) atoms. The van der Waals surface area contributed by atoms with Gasteiger partial charge < -0.3 is 20.1 Å². The summed E-state index contributed by atoms with van der Waals surface area (Å²) in [6, 6.07) is 1.04. The molecule has 0 amide bonds. The van der Waals surface area contributed by atoms with E-state index in [1.807, 2.05) is 10.9 Å². The van der Waals surface area contributed by atoms with Crippen LogP contribution >= 0.6 is 0 Å². The molecule has 8 heteroatoms. The van der Waals surface area contributed by atoms with E-state index in [1.54, 1.807) is 0 Å². The number of hydrogen-bond acceptors (Lipinski definition) is 6. The Morgan fingerprint density at radius 2 is 2.26 bits per heavy atom. The summed E-state index contributed by atoms with van der Waals surface area (Å²) in [7, 11) is 0. The molecule has 1 aromatic heterocycles. The lowest BCUT2D eigenvalue weighted by Gasteiger charge is -2.26. The van der Waals surface area contributed by atoms with Crippen molar-refractivity contribution < 1.29 is 20.1 Å². The van der Waals surface area contributed by atoms with Crippen LogP contribution in [-0.2, 0) is 4.74 Å². The monoisotopic (exact) mass is 268 g/mol. The number of ether oxygens (including phenoxy) is 1. The minimum atomic E-state index is -2.19. The van der Waals surface area contributed by atoms with Gasteiger partial charge in [0.15, 0.2) is 11.8 Å². The molecule has 1 unspecified atom stereocenters. The standard InChI is InChI=1S/C11H12N2O6/c1-2-11(18)8(16)6(5-14)19-9(11)13-4-3-7(15)12-10(13)17/h1,3-4,6,8-9,14,16,18H,5H2,(H,12,15,17)/t6-,8-,9?,11-/m1/s1. The Morgan fingerprint density at radius 1 is 1.58 bits per heavy atom. The Morgan fingerprint density at radius 3 is 2.79 bits per heavy atom. The molecule has 4 atom stereocenters. The summed E-state index contributed by atoms with van der Waals surface area (Å²) in [5.41, 5.74) is -3.66. The van der Waals surface area contributed by atoms with Crippen LogP contribution in [0.3, 0.4) is 0 Å². The zero-order chi connectivity index (χ0) is 14.2. The van der Waals surface area contributed by atoms with Crippen molar-refractivity contribution in [2.24, 2.45) is 0 Å². The fourth-order valence-electron chi connectivity index (χ4n) is 1.96. The highest BCUT2D eigenvalue weighted by atomic mass is 16.6. The highest BCUT2D eigenvalue weighted by Crippen LogP contribution is 2.36. The van der Waals surface area contributed by atoms with Gasteiger partial charge in [-0.1, -0.05) is 5.92 Å². The number of terminal acetylenes is 1. The molecule has 1 aliphatic rings. The molecule has 0 aliphatic carbocycles. The Bertz CT molecular complexity index is 629. The molecule has 1 aliphatic heterocycles. The summed E-state index contributed by atoms with van der Waals surface area (Å²) in [6.07, 6.45) is 2.15. The van der Waals surface area contributed by atoms with E-state index in [0.29, 0.717) is 0 Å². The summed E-state index contributed by atoms with van der Waals surface area (Å²) in [4.78, 5) is 24.6. The molecule has 2 heterocycles. The second-order valence-electron chi connectivity index (χ2n) is 4.14. The van der Waals surface area contributed by atoms with E-state index in [4.69, 9.17) is 16.3 Å². The quantitative estimate of drug-likeness (QED) is 0.428. The van der Waals surface area contributed by atoms with Crippen LogP contribution in [-0.4, -0.2) is 49.3 Å². The first-order valence-electron chi connectivity index (χ1n) is 5.40. The number of aliphatic hydroxyl groups is 3. The van der Waals surface area contributed by atoms with Crippen LogP contribution < -0.4 is 11.2 Å². The summed E-state index contributed by atoms with van der Waals surface area (Å²) in [6.45, 7) is -0.584. The lowest BCUT2D eigenvalue weighted by molar-refractivity contribution is -0.0764. The number of aromatic amines is 1. The van der Waals surface area contributed by atoms with Gasteiger partial charge in [-0.25, -0.2) is 4.79 Å². The van der Waals surface area contributed by atoms with E-state index in [-0.39, 0.29) is 0 Å². The first-order chi connectivity index (χ1) is 8.93. The maximum atomic E-state index is 11.6. The minimum Gasteiger partial charge on any atom is -0.394 e. The molecular weight excluding hydrogens is 256 g/mol. The smallest absolute Gasteiger partial charge is 0.330 e. The average molecular weight is 268 g/mol. The van der Waals surface area contributed by atoms with Crippen molar-refractivity contribution in [2.45, 2.75) is 24.0 Å². The van der Waals surface area contributed by atoms with Crippen LogP contribution in [0.4, 0.5) is 0 Å². The van der Waals surface area contributed by atoms with Crippen molar-refractivity contribution in [2.75, 3.05) is 6.61 Å². The third kappa shape index (κ3) is 1.98. The van der Waals surface area contributed by atoms with Crippen molar-refractivity contribution in [1.82, 2.24) is 9.55 Å². The van der Waals surface area contributed by atoms with Crippen LogP contribution in [0.15, 0.2) is 21.9 Å². The van der Waals surface area contributed by atoms with Gasteiger partial charge in [0.25, 0.3) is 5.56 Å². The Hall–Kier alpha value is -1.92. The first-order valence-corrected chi connectivity index (χ1v) is 5.40. The number of rotatable bonds is 2.